The zero-order valence-electron chi connectivity index (χ0n) is 11.8. The molecule has 0 aliphatic heterocycles. The average molecular weight is 286 g/mol. The van der Waals surface area contributed by atoms with Crippen LogP contribution in [0.4, 0.5) is 4.39 Å². The summed E-state index contributed by atoms with van der Waals surface area (Å²) in [4.78, 5) is 4.46. The molecule has 21 heavy (non-hydrogen) atoms. The number of methoxy groups -OCH3 is 1. The van der Waals surface area contributed by atoms with Gasteiger partial charge in [-0.3, -0.25) is 0 Å². The summed E-state index contributed by atoms with van der Waals surface area (Å²) in [5, 5.41) is 10.3. The second-order valence-corrected chi connectivity index (χ2v) is 4.67. The molecule has 1 heterocycles. The Balaban J connectivity index is 2.30. The fourth-order valence-electron chi connectivity index (χ4n) is 2.50. The quantitative estimate of drug-likeness (QED) is 0.800. The van der Waals surface area contributed by atoms with E-state index in [4.69, 9.17) is 4.74 Å². The van der Waals surface area contributed by atoms with E-state index in [1.807, 2.05) is 11.5 Å². The number of benzene rings is 2. The molecule has 0 aliphatic rings. The lowest BCUT2D eigenvalue weighted by atomic mass is 10.1. The Morgan fingerprint density at radius 1 is 1.29 bits per heavy atom. The molecule has 0 fully saturated rings. The summed E-state index contributed by atoms with van der Waals surface area (Å²) >= 11 is 0. The van der Waals surface area contributed by atoms with Crippen molar-refractivity contribution in [1.82, 2.24) is 9.55 Å². The molecule has 0 unspecified atom stereocenters. The molecule has 4 nitrogen and oxygen atoms in total. The maximum atomic E-state index is 13.4. The molecule has 1 aromatic heterocycles. The minimum absolute atomic E-state index is 0.0329. The molecular weight excluding hydrogens is 271 g/mol. The van der Waals surface area contributed by atoms with Crippen molar-refractivity contribution in [2.75, 3.05) is 7.11 Å². The van der Waals surface area contributed by atoms with Gasteiger partial charge in [-0.2, -0.15) is 0 Å². The predicted octanol–water partition coefficient (Wildman–Crippen LogP) is 3.58. The Labute approximate surface area is 121 Å². The van der Waals surface area contributed by atoms with Crippen LogP contribution in [0.15, 0.2) is 36.4 Å². The lowest BCUT2D eigenvalue weighted by Gasteiger charge is -2.10. The number of aromatic nitrogens is 2. The molecule has 0 bridgehead atoms. The standard InChI is InChI=1S/C16H15FN2O2/c1-3-19-13-8-7-10(17)9-12(13)18-16(19)11-5-4-6-14(21-2)15(11)20/h4-9,20H,3H2,1-2H3. The Bertz CT molecular complexity index is 811. The molecule has 0 radical (unpaired) electrons. The van der Waals surface area contributed by atoms with Crippen molar-refractivity contribution < 1.29 is 14.2 Å². The molecule has 0 atom stereocenters. The van der Waals surface area contributed by atoms with E-state index in [1.54, 1.807) is 24.3 Å². The zero-order chi connectivity index (χ0) is 15.0. The summed E-state index contributed by atoms with van der Waals surface area (Å²) in [5.74, 6) is 0.679. The van der Waals surface area contributed by atoms with Gasteiger partial charge in [0.1, 0.15) is 11.6 Å². The topological polar surface area (TPSA) is 47.3 Å². The van der Waals surface area contributed by atoms with E-state index in [2.05, 4.69) is 4.98 Å². The van der Waals surface area contributed by atoms with Crippen LogP contribution >= 0.6 is 0 Å². The Kier molecular flexibility index (Phi) is 3.25. The molecule has 108 valence electrons. The highest BCUT2D eigenvalue weighted by Gasteiger charge is 2.17. The number of ether oxygens (including phenoxy) is 1. The van der Waals surface area contributed by atoms with Gasteiger partial charge in [-0.15, -0.1) is 0 Å². The molecule has 3 aromatic rings. The van der Waals surface area contributed by atoms with E-state index in [-0.39, 0.29) is 11.6 Å². The summed E-state index contributed by atoms with van der Waals surface area (Å²) in [7, 11) is 1.50. The zero-order valence-corrected chi connectivity index (χ0v) is 11.8. The largest absolute Gasteiger partial charge is 0.504 e. The minimum Gasteiger partial charge on any atom is -0.504 e. The monoisotopic (exact) mass is 286 g/mol. The number of fused-ring (bicyclic) bond motifs is 1. The van der Waals surface area contributed by atoms with Crippen molar-refractivity contribution in [3.8, 4) is 22.9 Å². The van der Waals surface area contributed by atoms with Crippen LogP contribution in [0.25, 0.3) is 22.4 Å². The highest BCUT2D eigenvalue weighted by Crippen LogP contribution is 2.37. The van der Waals surface area contributed by atoms with Crippen LogP contribution in [-0.2, 0) is 6.54 Å². The number of phenolic OH excluding ortho intramolecular Hbond substituents is 1. The third-order valence-electron chi connectivity index (χ3n) is 3.49. The molecule has 1 N–H and O–H groups in total. The fraction of sp³-hybridized carbons (Fsp3) is 0.188. The van der Waals surface area contributed by atoms with Gasteiger partial charge in [0, 0.05) is 12.6 Å². The molecule has 0 aliphatic carbocycles. The normalized spacial score (nSPS) is 11.0. The highest BCUT2D eigenvalue weighted by molar-refractivity contribution is 5.82. The van der Waals surface area contributed by atoms with Crippen molar-refractivity contribution in [3.05, 3.63) is 42.2 Å². The molecule has 0 amide bonds. The maximum absolute atomic E-state index is 13.4. The van der Waals surface area contributed by atoms with Crippen LogP contribution in [0.2, 0.25) is 0 Å². The van der Waals surface area contributed by atoms with Gasteiger partial charge in [0.2, 0.25) is 0 Å². The lowest BCUT2D eigenvalue weighted by Crippen LogP contribution is -1.98. The number of imidazole rings is 1. The van der Waals surface area contributed by atoms with E-state index in [1.165, 1.54) is 19.2 Å². The van der Waals surface area contributed by atoms with Crippen molar-refractivity contribution in [2.24, 2.45) is 0 Å². The summed E-state index contributed by atoms with van der Waals surface area (Å²) in [6, 6.07) is 9.72. The van der Waals surface area contributed by atoms with Gasteiger partial charge in [0.25, 0.3) is 0 Å². The van der Waals surface area contributed by atoms with Crippen LogP contribution in [0, 0.1) is 5.82 Å². The first-order valence-corrected chi connectivity index (χ1v) is 6.67. The highest BCUT2D eigenvalue weighted by atomic mass is 19.1. The van der Waals surface area contributed by atoms with Crippen molar-refractivity contribution >= 4 is 11.0 Å². The number of phenols is 1. The Morgan fingerprint density at radius 2 is 2.10 bits per heavy atom. The summed E-state index contributed by atoms with van der Waals surface area (Å²) in [5.41, 5.74) is 1.96. The minimum atomic E-state index is -0.329. The molecule has 0 spiro atoms. The van der Waals surface area contributed by atoms with Crippen LogP contribution in [-0.4, -0.2) is 21.8 Å². The van der Waals surface area contributed by atoms with Gasteiger partial charge < -0.3 is 14.4 Å². The number of aryl methyl sites for hydroxylation is 1. The number of nitrogens with zero attached hydrogens (tertiary/aromatic N) is 2. The van der Waals surface area contributed by atoms with Gasteiger partial charge in [-0.1, -0.05) is 6.07 Å². The first kappa shape index (κ1) is 13.4. The molecule has 3 rings (SSSR count). The average Bonchev–Trinajstić information content (AvgIpc) is 2.84. The summed E-state index contributed by atoms with van der Waals surface area (Å²) in [6.07, 6.45) is 0. The van der Waals surface area contributed by atoms with E-state index >= 15 is 0 Å². The van der Waals surface area contributed by atoms with Gasteiger partial charge in [-0.25, -0.2) is 9.37 Å². The van der Waals surface area contributed by atoms with E-state index < -0.39 is 0 Å². The van der Waals surface area contributed by atoms with E-state index in [9.17, 15) is 9.50 Å². The number of hydrogen-bond acceptors (Lipinski definition) is 3. The van der Waals surface area contributed by atoms with Crippen LogP contribution in [0.5, 0.6) is 11.5 Å². The van der Waals surface area contributed by atoms with E-state index in [0.29, 0.717) is 29.2 Å². The Morgan fingerprint density at radius 3 is 2.81 bits per heavy atom. The third kappa shape index (κ3) is 2.11. The smallest absolute Gasteiger partial charge is 0.168 e. The van der Waals surface area contributed by atoms with Crippen LogP contribution < -0.4 is 4.74 Å². The number of aromatic hydroxyl groups is 1. The molecule has 5 heteroatoms. The Hall–Kier alpha value is -2.56. The van der Waals surface area contributed by atoms with Crippen molar-refractivity contribution in [3.63, 3.8) is 0 Å². The van der Waals surface area contributed by atoms with E-state index in [0.717, 1.165) is 5.52 Å². The van der Waals surface area contributed by atoms with Crippen molar-refractivity contribution in [1.29, 1.82) is 0 Å². The first-order valence-electron chi connectivity index (χ1n) is 6.67. The SMILES string of the molecule is CCn1c(-c2cccc(OC)c2O)nc2cc(F)ccc21. The number of halogens is 1. The summed E-state index contributed by atoms with van der Waals surface area (Å²) < 4.78 is 20.4. The molecule has 0 saturated carbocycles. The lowest BCUT2D eigenvalue weighted by molar-refractivity contribution is 0.374. The fourth-order valence-corrected chi connectivity index (χ4v) is 2.50. The molecule has 2 aromatic carbocycles. The van der Waals surface area contributed by atoms with Gasteiger partial charge >= 0.3 is 0 Å². The van der Waals surface area contributed by atoms with Crippen molar-refractivity contribution in [2.45, 2.75) is 13.5 Å². The summed E-state index contributed by atoms with van der Waals surface area (Å²) in [6.45, 7) is 2.64. The molecular formula is C16H15FN2O2. The number of para-hydroxylation sites is 1. The van der Waals surface area contributed by atoms with Crippen LogP contribution in [0.1, 0.15) is 6.92 Å². The maximum Gasteiger partial charge on any atom is 0.168 e. The first-order chi connectivity index (χ1) is 10.2. The van der Waals surface area contributed by atoms with Gasteiger partial charge in [0.05, 0.1) is 23.7 Å². The third-order valence-corrected chi connectivity index (χ3v) is 3.49. The number of rotatable bonds is 3. The second-order valence-electron chi connectivity index (χ2n) is 4.67. The molecule has 0 saturated heterocycles. The van der Waals surface area contributed by atoms with Gasteiger partial charge in [-0.05, 0) is 31.2 Å². The van der Waals surface area contributed by atoms with Crippen LogP contribution in [0.3, 0.4) is 0 Å². The predicted molar refractivity (Wildman–Crippen MR) is 79.0 cm³/mol. The van der Waals surface area contributed by atoms with Gasteiger partial charge in [0.15, 0.2) is 11.5 Å². The second kappa shape index (κ2) is 5.09. The number of hydrogen-bond donors (Lipinski definition) is 1.